The number of nitrogen functional groups attached to an aromatic ring is 1. The van der Waals surface area contributed by atoms with Gasteiger partial charge in [0.1, 0.15) is 5.15 Å². The van der Waals surface area contributed by atoms with Crippen molar-refractivity contribution in [2.45, 2.75) is 13.0 Å². The third-order valence-corrected chi connectivity index (χ3v) is 1.70. The quantitative estimate of drug-likeness (QED) is 0.728. The number of aromatic nitrogens is 1. The Balaban J connectivity index is 3.30. The van der Waals surface area contributed by atoms with Gasteiger partial charge in [-0.05, 0) is 6.07 Å². The summed E-state index contributed by atoms with van der Waals surface area (Å²) in [4.78, 5) is 3.53. The molecule has 0 atom stereocenters. The lowest BCUT2D eigenvalue weighted by atomic mass is 10.1. The second-order valence-corrected chi connectivity index (χ2v) is 2.74. The summed E-state index contributed by atoms with van der Waals surface area (Å²) in [6, 6.07) is 1.13. The minimum Gasteiger partial charge on any atom is -0.398 e. The summed E-state index contributed by atoms with van der Waals surface area (Å²) in [7, 11) is 0. The van der Waals surface area contributed by atoms with Gasteiger partial charge in [-0.3, -0.25) is 0 Å². The molecule has 0 bridgehead atoms. The monoisotopic (exact) mass is 208 g/mol. The van der Waals surface area contributed by atoms with E-state index in [2.05, 4.69) is 4.98 Å². The number of nitrogens with zero attached hydrogens (tertiary/aromatic N) is 1. The number of anilines is 1. The second kappa shape index (κ2) is 3.85. The number of aliphatic hydroxyl groups excluding tert-OH is 1. The normalized spacial score (nSPS) is 10.8. The van der Waals surface area contributed by atoms with Gasteiger partial charge in [-0.2, -0.15) is 0 Å². The Hall–Kier alpha value is -0.940. The maximum atomic E-state index is 12.3. The van der Waals surface area contributed by atoms with E-state index in [1.807, 2.05) is 0 Å². The molecule has 1 rings (SSSR count). The Kier molecular flexibility index (Phi) is 3.00. The van der Waals surface area contributed by atoms with Crippen molar-refractivity contribution >= 4 is 17.3 Å². The largest absolute Gasteiger partial charge is 0.398 e. The predicted octanol–water partition coefficient (Wildman–Crippen LogP) is 1.75. The Bertz CT molecular complexity index is 320. The predicted molar refractivity (Wildman–Crippen MR) is 44.5 cm³/mol. The molecule has 6 heteroatoms. The number of hydrogen-bond acceptors (Lipinski definition) is 3. The van der Waals surface area contributed by atoms with Crippen LogP contribution in [0.3, 0.4) is 0 Å². The van der Waals surface area contributed by atoms with Crippen LogP contribution in [0.25, 0.3) is 0 Å². The number of hydrogen-bond donors (Lipinski definition) is 2. The van der Waals surface area contributed by atoms with Crippen molar-refractivity contribution in [2.24, 2.45) is 0 Å². The van der Waals surface area contributed by atoms with E-state index in [0.29, 0.717) is 0 Å². The maximum absolute atomic E-state index is 12.3. The zero-order chi connectivity index (χ0) is 10.0. The first kappa shape index (κ1) is 10.1. The second-order valence-electron chi connectivity index (χ2n) is 2.35. The summed E-state index contributed by atoms with van der Waals surface area (Å²) in [6.07, 6.45) is -2.76. The van der Waals surface area contributed by atoms with Gasteiger partial charge in [0.25, 0.3) is 6.43 Å². The molecule has 0 spiro atoms. The molecule has 0 saturated heterocycles. The van der Waals surface area contributed by atoms with E-state index in [1.165, 1.54) is 0 Å². The summed E-state index contributed by atoms with van der Waals surface area (Å²) in [5.41, 5.74) is 4.50. The van der Waals surface area contributed by atoms with Crippen LogP contribution >= 0.6 is 11.6 Å². The van der Waals surface area contributed by atoms with Crippen LogP contribution in [-0.4, -0.2) is 10.1 Å². The molecular formula is C7H7ClF2N2O. The molecule has 0 aliphatic rings. The maximum Gasteiger partial charge on any atom is 0.267 e. The molecule has 0 aliphatic heterocycles. The first-order valence-corrected chi connectivity index (χ1v) is 3.78. The fourth-order valence-corrected chi connectivity index (χ4v) is 1.19. The summed E-state index contributed by atoms with van der Waals surface area (Å²) in [5, 5.41) is 8.70. The lowest BCUT2D eigenvalue weighted by Gasteiger charge is -2.08. The Morgan fingerprint density at radius 3 is 2.69 bits per heavy atom. The fourth-order valence-electron chi connectivity index (χ4n) is 0.967. The van der Waals surface area contributed by atoms with Gasteiger partial charge < -0.3 is 10.8 Å². The van der Waals surface area contributed by atoms with E-state index < -0.39 is 18.6 Å². The lowest BCUT2D eigenvalue weighted by Crippen LogP contribution is -2.03. The lowest BCUT2D eigenvalue weighted by molar-refractivity contribution is 0.147. The molecule has 72 valence electrons. The third kappa shape index (κ3) is 2.05. The van der Waals surface area contributed by atoms with Crippen molar-refractivity contribution in [3.8, 4) is 0 Å². The highest BCUT2D eigenvalue weighted by Crippen LogP contribution is 2.29. The van der Waals surface area contributed by atoms with Crippen LogP contribution in [0, 0.1) is 0 Å². The SMILES string of the molecule is Nc1cc(Cl)nc(CO)c1C(F)F. The topological polar surface area (TPSA) is 59.1 Å². The van der Waals surface area contributed by atoms with Gasteiger partial charge in [0, 0.05) is 5.69 Å². The Labute approximate surface area is 78.1 Å². The van der Waals surface area contributed by atoms with Crippen LogP contribution in [0.2, 0.25) is 5.15 Å². The highest BCUT2D eigenvalue weighted by atomic mass is 35.5. The van der Waals surface area contributed by atoms with E-state index in [-0.39, 0.29) is 16.5 Å². The van der Waals surface area contributed by atoms with Crippen molar-refractivity contribution in [1.29, 1.82) is 0 Å². The van der Waals surface area contributed by atoms with Gasteiger partial charge in [0.05, 0.1) is 17.9 Å². The van der Waals surface area contributed by atoms with E-state index in [0.717, 1.165) is 6.07 Å². The molecule has 0 aliphatic carbocycles. The highest BCUT2D eigenvalue weighted by Gasteiger charge is 2.18. The molecule has 0 unspecified atom stereocenters. The van der Waals surface area contributed by atoms with Crippen LogP contribution < -0.4 is 5.73 Å². The minimum absolute atomic E-state index is 0.00838. The summed E-state index contributed by atoms with van der Waals surface area (Å²) < 4.78 is 24.7. The number of nitrogens with two attached hydrogens (primary N) is 1. The van der Waals surface area contributed by atoms with Gasteiger partial charge in [0.2, 0.25) is 0 Å². The summed E-state index contributed by atoms with van der Waals surface area (Å²) >= 11 is 5.46. The smallest absolute Gasteiger partial charge is 0.267 e. The Morgan fingerprint density at radius 1 is 1.62 bits per heavy atom. The fraction of sp³-hybridized carbons (Fsp3) is 0.286. The molecule has 0 saturated carbocycles. The molecule has 3 N–H and O–H groups in total. The van der Waals surface area contributed by atoms with E-state index in [4.69, 9.17) is 22.4 Å². The van der Waals surface area contributed by atoms with Gasteiger partial charge in [-0.1, -0.05) is 11.6 Å². The first-order chi connectivity index (χ1) is 6.06. The number of alkyl halides is 2. The highest BCUT2D eigenvalue weighted by molar-refractivity contribution is 6.29. The number of aliphatic hydroxyl groups is 1. The van der Waals surface area contributed by atoms with Gasteiger partial charge >= 0.3 is 0 Å². The van der Waals surface area contributed by atoms with Gasteiger partial charge in [0.15, 0.2) is 0 Å². The van der Waals surface area contributed by atoms with Crippen molar-refractivity contribution < 1.29 is 13.9 Å². The van der Waals surface area contributed by atoms with Crippen LogP contribution in [0.5, 0.6) is 0 Å². The van der Waals surface area contributed by atoms with Crippen LogP contribution in [0.1, 0.15) is 17.7 Å². The average molecular weight is 209 g/mol. The molecule has 0 radical (unpaired) electrons. The molecule has 13 heavy (non-hydrogen) atoms. The minimum atomic E-state index is -2.76. The third-order valence-electron chi connectivity index (χ3n) is 1.51. The number of rotatable bonds is 2. The van der Waals surface area contributed by atoms with E-state index in [9.17, 15) is 8.78 Å². The Morgan fingerprint density at radius 2 is 2.23 bits per heavy atom. The standard InChI is InChI=1S/C7H7ClF2N2O/c8-5-1-3(11)6(7(9)10)4(2-13)12-5/h1,7,13H,2H2,(H2,11,12). The summed E-state index contributed by atoms with van der Waals surface area (Å²) in [6.45, 7) is -0.607. The zero-order valence-electron chi connectivity index (χ0n) is 6.47. The van der Waals surface area contributed by atoms with Crippen molar-refractivity contribution in [3.05, 3.63) is 22.5 Å². The zero-order valence-corrected chi connectivity index (χ0v) is 7.22. The van der Waals surface area contributed by atoms with Crippen LogP contribution in [0.4, 0.5) is 14.5 Å². The van der Waals surface area contributed by atoms with Crippen molar-refractivity contribution in [2.75, 3.05) is 5.73 Å². The molecule has 0 amide bonds. The first-order valence-electron chi connectivity index (χ1n) is 3.40. The van der Waals surface area contributed by atoms with Gasteiger partial charge in [-0.25, -0.2) is 13.8 Å². The van der Waals surface area contributed by atoms with Gasteiger partial charge in [-0.15, -0.1) is 0 Å². The van der Waals surface area contributed by atoms with E-state index >= 15 is 0 Å². The van der Waals surface area contributed by atoms with Crippen molar-refractivity contribution in [1.82, 2.24) is 4.98 Å². The molecule has 3 nitrogen and oxygen atoms in total. The van der Waals surface area contributed by atoms with E-state index in [1.54, 1.807) is 0 Å². The molecule has 0 aromatic carbocycles. The molecule has 0 fully saturated rings. The molecule has 1 aromatic heterocycles. The van der Waals surface area contributed by atoms with Crippen LogP contribution in [-0.2, 0) is 6.61 Å². The molecular weight excluding hydrogens is 202 g/mol. The number of pyridine rings is 1. The van der Waals surface area contributed by atoms with Crippen molar-refractivity contribution in [3.63, 3.8) is 0 Å². The molecule has 1 aromatic rings. The van der Waals surface area contributed by atoms with Crippen LogP contribution in [0.15, 0.2) is 6.07 Å². The molecule has 1 heterocycles. The average Bonchev–Trinajstić information content (AvgIpc) is 2.01. The number of halogens is 3. The summed E-state index contributed by atoms with van der Waals surface area (Å²) in [5.74, 6) is 0.